The summed E-state index contributed by atoms with van der Waals surface area (Å²) in [5.41, 5.74) is 1.03. The lowest BCUT2D eigenvalue weighted by Gasteiger charge is -2.20. The van der Waals surface area contributed by atoms with Crippen molar-refractivity contribution in [2.75, 3.05) is 5.32 Å². The molecule has 3 rings (SSSR count). The second-order valence-electron chi connectivity index (χ2n) is 7.56. The molecule has 10 heteroatoms. The number of halogens is 2. The zero-order valence-corrected chi connectivity index (χ0v) is 19.9. The Balaban J connectivity index is 1.77. The van der Waals surface area contributed by atoms with Crippen LogP contribution < -0.4 is 10.6 Å². The van der Waals surface area contributed by atoms with E-state index in [9.17, 15) is 9.59 Å². The molecule has 1 aromatic carbocycles. The predicted octanol–water partition coefficient (Wildman–Crippen LogP) is 4.94. The highest BCUT2D eigenvalue weighted by Crippen LogP contribution is 2.31. The van der Waals surface area contributed by atoms with Gasteiger partial charge in [-0.15, -0.1) is 0 Å². The molecule has 0 aliphatic rings. The van der Waals surface area contributed by atoms with Crippen molar-refractivity contribution in [2.24, 2.45) is 13.0 Å². The first-order chi connectivity index (χ1) is 14.7. The molecule has 0 spiro atoms. The Morgan fingerprint density at radius 1 is 1.26 bits per heavy atom. The van der Waals surface area contributed by atoms with Crippen LogP contribution in [0.3, 0.4) is 0 Å². The Morgan fingerprint density at radius 3 is 2.61 bits per heavy atom. The first-order valence-corrected chi connectivity index (χ1v) is 11.2. The number of nitrogens with zero attached hydrogens (tertiary/aromatic N) is 3. The van der Waals surface area contributed by atoms with E-state index in [-0.39, 0.29) is 22.4 Å². The Labute approximate surface area is 194 Å². The van der Waals surface area contributed by atoms with Crippen molar-refractivity contribution < 1.29 is 9.59 Å². The Morgan fingerprint density at radius 2 is 2.00 bits per heavy atom. The van der Waals surface area contributed by atoms with Crippen LogP contribution in [-0.2, 0) is 11.8 Å². The van der Waals surface area contributed by atoms with Gasteiger partial charge in [-0.2, -0.15) is 0 Å². The van der Waals surface area contributed by atoms with E-state index in [1.54, 1.807) is 12.3 Å². The third-order valence-electron chi connectivity index (χ3n) is 4.56. The van der Waals surface area contributed by atoms with Gasteiger partial charge in [0.25, 0.3) is 5.91 Å². The number of rotatable bonds is 7. The van der Waals surface area contributed by atoms with E-state index in [4.69, 9.17) is 23.2 Å². The standard InChI is InChI=1S/C21H23Cl2N5O2S/c1-11(2)9-16(26-19(29)14-6-5-13(22)10-15(14)23)20(30)27-21-25-12(3)17(31-21)18-24-7-8-28(18)4/h5-8,10-11,16H,9H2,1-4H3,(H,26,29)(H,25,27,30). The van der Waals surface area contributed by atoms with Crippen LogP contribution >= 0.6 is 34.5 Å². The van der Waals surface area contributed by atoms with E-state index in [1.807, 2.05) is 38.6 Å². The van der Waals surface area contributed by atoms with E-state index in [2.05, 4.69) is 20.6 Å². The number of carbonyl (C=O) groups excluding carboxylic acids is 2. The first-order valence-electron chi connectivity index (χ1n) is 9.67. The molecular formula is C21H23Cl2N5O2S. The predicted molar refractivity (Wildman–Crippen MR) is 125 cm³/mol. The van der Waals surface area contributed by atoms with Crippen LogP contribution in [0.4, 0.5) is 5.13 Å². The molecular weight excluding hydrogens is 457 g/mol. The molecule has 31 heavy (non-hydrogen) atoms. The van der Waals surface area contributed by atoms with Crippen molar-refractivity contribution in [3.05, 3.63) is 51.9 Å². The lowest BCUT2D eigenvalue weighted by molar-refractivity contribution is -0.118. The van der Waals surface area contributed by atoms with E-state index in [0.717, 1.165) is 16.4 Å². The maximum absolute atomic E-state index is 13.0. The summed E-state index contributed by atoms with van der Waals surface area (Å²) in [4.78, 5) is 35.4. The van der Waals surface area contributed by atoms with Gasteiger partial charge >= 0.3 is 0 Å². The second kappa shape index (κ2) is 9.80. The van der Waals surface area contributed by atoms with Gasteiger partial charge in [-0.25, -0.2) is 9.97 Å². The van der Waals surface area contributed by atoms with Crippen molar-refractivity contribution in [3.63, 3.8) is 0 Å². The number of amides is 2. The fourth-order valence-electron chi connectivity index (χ4n) is 3.05. The molecule has 7 nitrogen and oxygen atoms in total. The molecule has 0 saturated heterocycles. The zero-order chi connectivity index (χ0) is 22.7. The van der Waals surface area contributed by atoms with Gasteiger partial charge in [0.15, 0.2) is 11.0 Å². The number of thiazole rings is 1. The van der Waals surface area contributed by atoms with Gasteiger partial charge in [0.1, 0.15) is 6.04 Å². The van der Waals surface area contributed by atoms with E-state index >= 15 is 0 Å². The van der Waals surface area contributed by atoms with Crippen LogP contribution in [0.5, 0.6) is 0 Å². The third-order valence-corrected chi connectivity index (χ3v) is 6.17. The largest absolute Gasteiger partial charge is 0.340 e. The molecule has 164 valence electrons. The number of aryl methyl sites for hydroxylation is 2. The summed E-state index contributed by atoms with van der Waals surface area (Å²) < 4.78 is 1.89. The average Bonchev–Trinajstić information content (AvgIpc) is 3.25. The lowest BCUT2D eigenvalue weighted by atomic mass is 10.0. The van der Waals surface area contributed by atoms with Crippen molar-refractivity contribution in [1.82, 2.24) is 19.9 Å². The second-order valence-corrected chi connectivity index (χ2v) is 9.41. The van der Waals surface area contributed by atoms with Gasteiger partial charge < -0.3 is 15.2 Å². The first kappa shape index (κ1) is 23.2. The van der Waals surface area contributed by atoms with Crippen LogP contribution in [0, 0.1) is 12.8 Å². The van der Waals surface area contributed by atoms with Crippen LogP contribution in [0.25, 0.3) is 10.7 Å². The van der Waals surface area contributed by atoms with Gasteiger partial charge in [0.2, 0.25) is 5.91 Å². The summed E-state index contributed by atoms with van der Waals surface area (Å²) in [6.07, 6.45) is 4.02. The van der Waals surface area contributed by atoms with Crippen LogP contribution in [0.1, 0.15) is 36.3 Å². The van der Waals surface area contributed by atoms with Gasteiger partial charge in [-0.1, -0.05) is 48.4 Å². The topological polar surface area (TPSA) is 88.9 Å². The highest BCUT2D eigenvalue weighted by molar-refractivity contribution is 7.19. The minimum Gasteiger partial charge on any atom is -0.340 e. The van der Waals surface area contributed by atoms with Crippen molar-refractivity contribution in [1.29, 1.82) is 0 Å². The molecule has 2 N–H and O–H groups in total. The number of benzene rings is 1. The summed E-state index contributed by atoms with van der Waals surface area (Å²) in [5.74, 6) is 0.177. The lowest BCUT2D eigenvalue weighted by Crippen LogP contribution is -2.44. The summed E-state index contributed by atoms with van der Waals surface area (Å²) in [6.45, 7) is 5.83. The molecule has 3 aromatic rings. The zero-order valence-electron chi connectivity index (χ0n) is 17.6. The Bertz CT molecular complexity index is 1110. The van der Waals surface area contributed by atoms with Crippen molar-refractivity contribution in [3.8, 4) is 10.7 Å². The Hall–Kier alpha value is -2.42. The molecule has 0 fully saturated rings. The molecule has 0 aliphatic carbocycles. The fraction of sp³-hybridized carbons (Fsp3) is 0.333. The average molecular weight is 480 g/mol. The highest BCUT2D eigenvalue weighted by atomic mass is 35.5. The van der Waals surface area contributed by atoms with Crippen LogP contribution in [0.2, 0.25) is 10.0 Å². The normalized spacial score (nSPS) is 12.1. The van der Waals surface area contributed by atoms with Crippen molar-refractivity contribution >= 4 is 51.5 Å². The molecule has 2 amide bonds. The minimum absolute atomic E-state index is 0.179. The van der Waals surface area contributed by atoms with Gasteiger partial charge in [0.05, 0.1) is 21.2 Å². The number of carbonyl (C=O) groups is 2. The molecule has 2 heterocycles. The van der Waals surface area contributed by atoms with E-state index < -0.39 is 11.9 Å². The molecule has 0 bridgehead atoms. The maximum Gasteiger partial charge on any atom is 0.253 e. The summed E-state index contributed by atoms with van der Waals surface area (Å²) >= 11 is 13.4. The van der Waals surface area contributed by atoms with Gasteiger partial charge in [0, 0.05) is 24.5 Å². The third kappa shape index (κ3) is 5.64. The summed E-state index contributed by atoms with van der Waals surface area (Å²) in [7, 11) is 1.90. The SMILES string of the molecule is Cc1nc(NC(=O)C(CC(C)C)NC(=O)c2ccc(Cl)cc2Cl)sc1-c1nccn1C. The van der Waals surface area contributed by atoms with E-state index in [1.165, 1.54) is 23.5 Å². The fourth-order valence-corrected chi connectivity index (χ4v) is 4.55. The minimum atomic E-state index is -0.750. The molecule has 1 atom stereocenters. The van der Waals surface area contributed by atoms with Crippen LogP contribution in [0.15, 0.2) is 30.6 Å². The maximum atomic E-state index is 13.0. The van der Waals surface area contributed by atoms with Gasteiger partial charge in [-0.05, 0) is 37.5 Å². The van der Waals surface area contributed by atoms with E-state index in [0.29, 0.717) is 16.6 Å². The molecule has 0 radical (unpaired) electrons. The molecule has 2 aromatic heterocycles. The summed E-state index contributed by atoms with van der Waals surface area (Å²) in [6, 6.07) is 3.86. The monoisotopic (exact) mass is 479 g/mol. The number of hydrogen-bond donors (Lipinski definition) is 2. The number of hydrogen-bond acceptors (Lipinski definition) is 5. The van der Waals surface area contributed by atoms with Gasteiger partial charge in [-0.3, -0.25) is 9.59 Å². The number of anilines is 1. The molecule has 0 aliphatic heterocycles. The molecule has 1 unspecified atom stereocenters. The van der Waals surface area contributed by atoms with Crippen molar-refractivity contribution in [2.45, 2.75) is 33.2 Å². The quantitative estimate of drug-likeness (QED) is 0.501. The number of nitrogens with one attached hydrogen (secondary N) is 2. The smallest absolute Gasteiger partial charge is 0.253 e. The molecule has 0 saturated carbocycles. The van der Waals surface area contributed by atoms with Crippen LogP contribution in [-0.4, -0.2) is 32.4 Å². The summed E-state index contributed by atoms with van der Waals surface area (Å²) in [5, 5.41) is 6.73. The highest BCUT2D eigenvalue weighted by Gasteiger charge is 2.25. The number of imidazole rings is 1. The number of aromatic nitrogens is 3. The Kier molecular flexibility index (Phi) is 7.35.